The highest BCUT2D eigenvalue weighted by Crippen LogP contribution is 2.08. The fraction of sp³-hybridized carbons (Fsp3) is 0.538. The van der Waals surface area contributed by atoms with Crippen LogP contribution in [0, 0.1) is 0 Å². The first-order chi connectivity index (χ1) is 9.15. The molecule has 0 bridgehead atoms. The molecule has 0 unspecified atom stereocenters. The van der Waals surface area contributed by atoms with Crippen LogP contribution in [0.4, 0.5) is 0 Å². The molecule has 0 spiro atoms. The van der Waals surface area contributed by atoms with Crippen LogP contribution in [-0.4, -0.2) is 54.3 Å². The zero-order valence-corrected chi connectivity index (χ0v) is 10.9. The number of amides is 2. The van der Waals surface area contributed by atoms with Gasteiger partial charge < -0.3 is 15.1 Å². The molecule has 0 radical (unpaired) electrons. The number of primary amides is 1. The Hall–Kier alpha value is -1.82. The predicted octanol–water partition coefficient (Wildman–Crippen LogP) is -0.158. The number of furan rings is 1. The van der Waals surface area contributed by atoms with E-state index in [0.717, 1.165) is 5.76 Å². The Kier molecular flexibility index (Phi) is 4.57. The molecule has 104 valence electrons. The summed E-state index contributed by atoms with van der Waals surface area (Å²) in [5.41, 5.74) is 5.15. The van der Waals surface area contributed by atoms with Gasteiger partial charge in [-0.1, -0.05) is 0 Å². The molecule has 0 atom stereocenters. The van der Waals surface area contributed by atoms with Crippen LogP contribution >= 0.6 is 0 Å². The maximum absolute atomic E-state index is 12.0. The van der Waals surface area contributed by atoms with Crippen LogP contribution < -0.4 is 5.73 Å². The molecule has 19 heavy (non-hydrogen) atoms. The highest BCUT2D eigenvalue weighted by molar-refractivity contribution is 5.77. The van der Waals surface area contributed by atoms with Crippen molar-refractivity contribution in [1.82, 2.24) is 9.80 Å². The molecule has 0 aliphatic carbocycles. The highest BCUT2D eigenvalue weighted by Gasteiger charge is 2.21. The number of hydrogen-bond donors (Lipinski definition) is 1. The summed E-state index contributed by atoms with van der Waals surface area (Å²) in [6.45, 7) is 2.99. The van der Waals surface area contributed by atoms with E-state index in [1.807, 2.05) is 21.9 Å². The molecule has 1 aliphatic rings. The molecule has 6 heteroatoms. The van der Waals surface area contributed by atoms with Gasteiger partial charge in [0.25, 0.3) is 0 Å². The number of rotatable bonds is 5. The Morgan fingerprint density at radius 3 is 2.58 bits per heavy atom. The minimum absolute atomic E-state index is 0.134. The summed E-state index contributed by atoms with van der Waals surface area (Å²) in [7, 11) is 0. The zero-order valence-electron chi connectivity index (χ0n) is 10.9. The van der Waals surface area contributed by atoms with Gasteiger partial charge in [-0.05, 0) is 12.1 Å². The van der Waals surface area contributed by atoms with Crippen molar-refractivity contribution in [2.45, 2.75) is 12.8 Å². The first-order valence-electron chi connectivity index (χ1n) is 6.46. The summed E-state index contributed by atoms with van der Waals surface area (Å²) in [5.74, 6) is 0.647. The van der Waals surface area contributed by atoms with E-state index < -0.39 is 0 Å². The Bertz CT molecular complexity index is 422. The quantitative estimate of drug-likeness (QED) is 0.802. The topological polar surface area (TPSA) is 79.8 Å². The maximum atomic E-state index is 12.0. The van der Waals surface area contributed by atoms with E-state index in [-0.39, 0.29) is 18.4 Å². The molecular formula is C13H19N3O3. The van der Waals surface area contributed by atoms with Crippen molar-refractivity contribution in [1.29, 1.82) is 0 Å². The summed E-state index contributed by atoms with van der Waals surface area (Å²) in [5, 5.41) is 0. The van der Waals surface area contributed by atoms with Crippen molar-refractivity contribution in [2.75, 3.05) is 32.7 Å². The maximum Gasteiger partial charge on any atom is 0.231 e. The molecule has 0 aromatic carbocycles. The number of nitrogens with zero attached hydrogens (tertiary/aromatic N) is 2. The average molecular weight is 265 g/mol. The lowest BCUT2D eigenvalue weighted by Gasteiger charge is -2.34. The zero-order chi connectivity index (χ0) is 13.7. The van der Waals surface area contributed by atoms with Crippen LogP contribution in [0.5, 0.6) is 0 Å². The number of hydrogen-bond acceptors (Lipinski definition) is 4. The summed E-state index contributed by atoms with van der Waals surface area (Å²) in [6, 6.07) is 3.69. The van der Waals surface area contributed by atoms with E-state index in [1.165, 1.54) is 0 Å². The van der Waals surface area contributed by atoms with Crippen molar-refractivity contribution in [3.05, 3.63) is 24.2 Å². The highest BCUT2D eigenvalue weighted by atomic mass is 16.3. The van der Waals surface area contributed by atoms with Gasteiger partial charge in [-0.2, -0.15) is 0 Å². The molecule has 1 fully saturated rings. The third-order valence-electron chi connectivity index (χ3n) is 3.27. The van der Waals surface area contributed by atoms with Gasteiger partial charge in [-0.3, -0.25) is 14.5 Å². The number of carbonyl (C=O) groups is 2. The molecule has 2 rings (SSSR count). The Morgan fingerprint density at radius 1 is 1.26 bits per heavy atom. The molecule has 2 amide bonds. The molecule has 0 saturated carbocycles. The molecular weight excluding hydrogens is 246 g/mol. The molecule has 6 nitrogen and oxygen atoms in total. The van der Waals surface area contributed by atoms with Crippen molar-refractivity contribution in [3.63, 3.8) is 0 Å². The van der Waals surface area contributed by atoms with E-state index >= 15 is 0 Å². The van der Waals surface area contributed by atoms with Crippen molar-refractivity contribution >= 4 is 11.8 Å². The fourth-order valence-corrected chi connectivity index (χ4v) is 2.22. The lowest BCUT2D eigenvalue weighted by Crippen LogP contribution is -2.50. The van der Waals surface area contributed by atoms with Crippen LogP contribution in [0.3, 0.4) is 0 Å². The summed E-state index contributed by atoms with van der Waals surface area (Å²) < 4.78 is 5.20. The Balaban J connectivity index is 1.71. The second kappa shape index (κ2) is 6.38. The van der Waals surface area contributed by atoms with Gasteiger partial charge in [-0.15, -0.1) is 0 Å². The second-order valence-electron chi connectivity index (χ2n) is 4.70. The Morgan fingerprint density at radius 2 is 2.00 bits per heavy atom. The van der Waals surface area contributed by atoms with E-state index in [9.17, 15) is 9.59 Å². The van der Waals surface area contributed by atoms with Gasteiger partial charge in [0.2, 0.25) is 11.8 Å². The van der Waals surface area contributed by atoms with E-state index in [0.29, 0.717) is 39.0 Å². The summed E-state index contributed by atoms with van der Waals surface area (Å²) >= 11 is 0. The first-order valence-corrected chi connectivity index (χ1v) is 6.46. The van der Waals surface area contributed by atoms with E-state index in [2.05, 4.69) is 0 Å². The molecule has 1 aliphatic heterocycles. The van der Waals surface area contributed by atoms with Gasteiger partial charge in [0.1, 0.15) is 5.76 Å². The predicted molar refractivity (Wildman–Crippen MR) is 69.2 cm³/mol. The molecule has 2 heterocycles. The van der Waals surface area contributed by atoms with Crippen LogP contribution in [0.15, 0.2) is 22.8 Å². The van der Waals surface area contributed by atoms with Crippen LogP contribution in [-0.2, 0) is 16.0 Å². The fourth-order valence-electron chi connectivity index (χ4n) is 2.22. The van der Waals surface area contributed by atoms with Gasteiger partial charge in [0.05, 0.1) is 12.8 Å². The minimum atomic E-state index is -0.322. The normalized spacial score (nSPS) is 16.5. The lowest BCUT2D eigenvalue weighted by molar-refractivity contribution is -0.133. The SMILES string of the molecule is NC(=O)CN1CCN(C(=O)CCc2ccco2)CC1. The molecule has 1 aromatic rings. The smallest absolute Gasteiger partial charge is 0.231 e. The van der Waals surface area contributed by atoms with Crippen molar-refractivity contribution in [3.8, 4) is 0 Å². The molecule has 1 saturated heterocycles. The summed E-state index contributed by atoms with van der Waals surface area (Å²) in [4.78, 5) is 26.6. The van der Waals surface area contributed by atoms with E-state index in [1.54, 1.807) is 6.26 Å². The minimum Gasteiger partial charge on any atom is -0.469 e. The third kappa shape index (κ3) is 4.10. The first kappa shape index (κ1) is 13.6. The average Bonchev–Trinajstić information content (AvgIpc) is 2.89. The van der Waals surface area contributed by atoms with Crippen LogP contribution in [0.2, 0.25) is 0 Å². The summed E-state index contributed by atoms with van der Waals surface area (Å²) in [6.07, 6.45) is 2.71. The molecule has 2 N–H and O–H groups in total. The monoisotopic (exact) mass is 265 g/mol. The van der Waals surface area contributed by atoms with Crippen LogP contribution in [0.1, 0.15) is 12.2 Å². The van der Waals surface area contributed by atoms with Gasteiger partial charge >= 0.3 is 0 Å². The number of nitrogens with two attached hydrogens (primary N) is 1. The molecule has 1 aromatic heterocycles. The number of piperazine rings is 1. The van der Waals surface area contributed by atoms with Crippen LogP contribution in [0.25, 0.3) is 0 Å². The van der Waals surface area contributed by atoms with Gasteiger partial charge in [-0.25, -0.2) is 0 Å². The lowest BCUT2D eigenvalue weighted by atomic mass is 10.2. The number of aryl methyl sites for hydroxylation is 1. The van der Waals surface area contributed by atoms with E-state index in [4.69, 9.17) is 10.2 Å². The second-order valence-corrected chi connectivity index (χ2v) is 4.70. The van der Waals surface area contributed by atoms with Gasteiger partial charge in [0.15, 0.2) is 0 Å². The third-order valence-corrected chi connectivity index (χ3v) is 3.27. The largest absolute Gasteiger partial charge is 0.469 e. The standard InChI is InChI=1S/C13H19N3O3/c14-12(17)10-15-5-7-16(8-6-15)13(18)4-3-11-2-1-9-19-11/h1-2,9H,3-8,10H2,(H2,14,17). The van der Waals surface area contributed by atoms with Crippen molar-refractivity contribution in [2.24, 2.45) is 5.73 Å². The Labute approximate surface area is 112 Å². The number of carbonyl (C=O) groups excluding carboxylic acids is 2. The van der Waals surface area contributed by atoms with Crippen molar-refractivity contribution < 1.29 is 14.0 Å². The van der Waals surface area contributed by atoms with Gasteiger partial charge in [0, 0.05) is 39.0 Å².